The zero-order valence-corrected chi connectivity index (χ0v) is 19.3. The number of likely N-dealkylation sites (tertiary alicyclic amines) is 1. The minimum Gasteiger partial charge on any atom is -0.497 e. The van der Waals surface area contributed by atoms with E-state index in [4.69, 9.17) is 4.74 Å². The lowest BCUT2D eigenvalue weighted by molar-refractivity contribution is -0.128. The Kier molecular flexibility index (Phi) is 6.79. The first-order chi connectivity index (χ1) is 16.0. The summed E-state index contributed by atoms with van der Waals surface area (Å²) in [4.78, 5) is 33.8. The molecule has 2 amide bonds. The maximum absolute atomic E-state index is 13.6. The number of rotatable bonds is 6. The van der Waals surface area contributed by atoms with E-state index in [2.05, 4.69) is 22.2 Å². The van der Waals surface area contributed by atoms with Gasteiger partial charge in [-0.15, -0.1) is 0 Å². The van der Waals surface area contributed by atoms with Crippen molar-refractivity contribution in [3.8, 4) is 5.75 Å². The van der Waals surface area contributed by atoms with E-state index >= 15 is 0 Å². The van der Waals surface area contributed by atoms with Crippen molar-refractivity contribution in [3.05, 3.63) is 71.6 Å². The van der Waals surface area contributed by atoms with Crippen LogP contribution >= 0.6 is 0 Å². The van der Waals surface area contributed by atoms with E-state index in [0.717, 1.165) is 48.1 Å². The molecular formula is C26H30N4O3. The lowest BCUT2D eigenvalue weighted by Gasteiger charge is -2.35. The summed E-state index contributed by atoms with van der Waals surface area (Å²) in [5, 5.41) is 3.78. The third kappa shape index (κ3) is 5.09. The smallest absolute Gasteiger partial charge is 0.270 e. The quantitative estimate of drug-likeness (QED) is 0.568. The summed E-state index contributed by atoms with van der Waals surface area (Å²) in [6.07, 6.45) is 5.39. The fraction of sp³-hybridized carbons (Fsp3) is 0.308. The van der Waals surface area contributed by atoms with Gasteiger partial charge in [0.05, 0.1) is 7.11 Å². The number of amides is 2. The molecule has 0 atom stereocenters. The Morgan fingerprint density at radius 3 is 2.58 bits per heavy atom. The van der Waals surface area contributed by atoms with Gasteiger partial charge in [-0.2, -0.15) is 0 Å². The van der Waals surface area contributed by atoms with Crippen molar-refractivity contribution in [2.75, 3.05) is 34.3 Å². The van der Waals surface area contributed by atoms with Gasteiger partial charge in [-0.3, -0.25) is 9.59 Å². The number of hydrogen-bond donors (Lipinski definition) is 2. The predicted octanol–water partition coefficient (Wildman–Crippen LogP) is 3.50. The van der Waals surface area contributed by atoms with Gasteiger partial charge in [0.2, 0.25) is 0 Å². The van der Waals surface area contributed by atoms with Crippen LogP contribution in [0.3, 0.4) is 0 Å². The summed E-state index contributed by atoms with van der Waals surface area (Å²) in [5.41, 5.74) is 2.47. The Balaban J connectivity index is 1.68. The standard InChI is InChI=1S/C26H30N4O3/c1-29-13-11-20(12-14-29)30(2)26(32)24(28-25(31)18-7-5-4-6-8-18)15-19-17-27-23-10-9-21(33-3)16-22(19)23/h4-10,15-17,20,27H,11-14H2,1-3H3,(H,28,31)/b24-15+. The number of aromatic amines is 1. The Morgan fingerprint density at radius 2 is 1.88 bits per heavy atom. The van der Waals surface area contributed by atoms with Gasteiger partial charge in [0.15, 0.2) is 0 Å². The molecule has 0 bridgehead atoms. The minimum atomic E-state index is -0.315. The van der Waals surface area contributed by atoms with Crippen LogP contribution in [0.15, 0.2) is 60.4 Å². The van der Waals surface area contributed by atoms with Crippen LogP contribution in [0.2, 0.25) is 0 Å². The minimum absolute atomic E-state index is 0.133. The van der Waals surface area contributed by atoms with Crippen molar-refractivity contribution in [1.82, 2.24) is 20.1 Å². The first kappa shape index (κ1) is 22.6. The molecule has 7 heteroatoms. The van der Waals surface area contributed by atoms with Crippen LogP contribution in [-0.4, -0.2) is 66.9 Å². The summed E-state index contributed by atoms with van der Waals surface area (Å²) in [7, 11) is 5.53. The molecule has 1 fully saturated rings. The number of likely N-dealkylation sites (N-methyl/N-ethyl adjacent to an activating group) is 1. The highest BCUT2D eigenvalue weighted by molar-refractivity contribution is 6.06. The van der Waals surface area contributed by atoms with E-state index in [1.165, 1.54) is 0 Å². The Bertz CT molecular complexity index is 1160. The summed E-state index contributed by atoms with van der Waals surface area (Å²) >= 11 is 0. The molecule has 1 saturated heterocycles. The van der Waals surface area contributed by atoms with E-state index in [9.17, 15) is 9.59 Å². The molecule has 1 aliphatic heterocycles. The van der Waals surface area contributed by atoms with Crippen LogP contribution in [0.1, 0.15) is 28.8 Å². The summed E-state index contributed by atoms with van der Waals surface area (Å²) in [5.74, 6) is 0.205. The number of nitrogens with one attached hydrogen (secondary N) is 2. The second-order valence-electron chi connectivity index (χ2n) is 8.48. The number of benzene rings is 2. The molecule has 1 aliphatic rings. The van der Waals surface area contributed by atoms with Gasteiger partial charge in [-0.25, -0.2) is 0 Å². The lowest BCUT2D eigenvalue weighted by Crippen LogP contribution is -2.46. The van der Waals surface area contributed by atoms with Gasteiger partial charge in [0, 0.05) is 41.3 Å². The summed E-state index contributed by atoms with van der Waals surface area (Å²) in [6, 6.07) is 14.8. The van der Waals surface area contributed by atoms with Crippen molar-refractivity contribution >= 4 is 28.8 Å². The van der Waals surface area contributed by atoms with E-state index in [0.29, 0.717) is 5.56 Å². The predicted molar refractivity (Wildman–Crippen MR) is 130 cm³/mol. The number of piperidine rings is 1. The summed E-state index contributed by atoms with van der Waals surface area (Å²) in [6.45, 7) is 1.89. The second kappa shape index (κ2) is 9.92. The zero-order chi connectivity index (χ0) is 23.4. The van der Waals surface area contributed by atoms with Crippen molar-refractivity contribution in [2.45, 2.75) is 18.9 Å². The Morgan fingerprint density at radius 1 is 1.15 bits per heavy atom. The van der Waals surface area contributed by atoms with Gasteiger partial charge in [-0.05, 0) is 69.4 Å². The van der Waals surface area contributed by atoms with E-state index in [-0.39, 0.29) is 23.6 Å². The number of aromatic nitrogens is 1. The van der Waals surface area contributed by atoms with Crippen LogP contribution < -0.4 is 10.1 Å². The molecule has 1 aromatic heterocycles. The molecule has 2 aromatic carbocycles. The maximum Gasteiger partial charge on any atom is 0.270 e. The molecule has 2 heterocycles. The average Bonchev–Trinajstić information content (AvgIpc) is 3.25. The molecule has 0 unspecified atom stereocenters. The van der Waals surface area contributed by atoms with Gasteiger partial charge in [-0.1, -0.05) is 18.2 Å². The number of ether oxygens (including phenoxy) is 1. The van der Waals surface area contributed by atoms with Gasteiger partial charge < -0.3 is 24.8 Å². The third-order valence-corrected chi connectivity index (χ3v) is 6.29. The van der Waals surface area contributed by atoms with Crippen molar-refractivity contribution in [2.24, 2.45) is 0 Å². The number of H-pyrrole nitrogens is 1. The molecule has 172 valence electrons. The van der Waals surface area contributed by atoms with Gasteiger partial charge in [0.25, 0.3) is 11.8 Å². The molecule has 0 saturated carbocycles. The topological polar surface area (TPSA) is 77.7 Å². The first-order valence-electron chi connectivity index (χ1n) is 11.1. The highest BCUT2D eigenvalue weighted by atomic mass is 16.5. The normalized spacial score (nSPS) is 15.4. The van der Waals surface area contributed by atoms with Crippen LogP contribution in [0.5, 0.6) is 5.75 Å². The number of fused-ring (bicyclic) bond motifs is 1. The van der Waals surface area contributed by atoms with Crippen LogP contribution in [-0.2, 0) is 4.79 Å². The monoisotopic (exact) mass is 446 g/mol. The molecule has 4 rings (SSSR count). The first-order valence-corrected chi connectivity index (χ1v) is 11.1. The van der Waals surface area contributed by atoms with Crippen molar-refractivity contribution < 1.29 is 14.3 Å². The lowest BCUT2D eigenvalue weighted by atomic mass is 10.0. The van der Waals surface area contributed by atoms with Gasteiger partial charge in [0.1, 0.15) is 11.4 Å². The largest absolute Gasteiger partial charge is 0.497 e. The van der Waals surface area contributed by atoms with Crippen molar-refractivity contribution in [1.29, 1.82) is 0 Å². The average molecular weight is 447 g/mol. The van der Waals surface area contributed by atoms with E-state index < -0.39 is 0 Å². The highest BCUT2D eigenvalue weighted by Crippen LogP contribution is 2.26. The van der Waals surface area contributed by atoms with Crippen LogP contribution in [0.4, 0.5) is 0 Å². The van der Waals surface area contributed by atoms with Crippen LogP contribution in [0, 0.1) is 0 Å². The summed E-state index contributed by atoms with van der Waals surface area (Å²) < 4.78 is 5.36. The molecule has 7 nitrogen and oxygen atoms in total. The third-order valence-electron chi connectivity index (χ3n) is 6.29. The number of methoxy groups -OCH3 is 1. The Hall–Kier alpha value is -3.58. The molecule has 2 N–H and O–H groups in total. The Labute approximate surface area is 194 Å². The van der Waals surface area contributed by atoms with Crippen LogP contribution in [0.25, 0.3) is 17.0 Å². The molecule has 0 spiro atoms. The number of carbonyl (C=O) groups excluding carboxylic acids is 2. The fourth-order valence-electron chi connectivity index (χ4n) is 4.20. The molecule has 3 aromatic rings. The highest BCUT2D eigenvalue weighted by Gasteiger charge is 2.27. The van der Waals surface area contributed by atoms with E-state index in [1.54, 1.807) is 42.4 Å². The second-order valence-corrected chi connectivity index (χ2v) is 8.48. The molecule has 0 aliphatic carbocycles. The van der Waals surface area contributed by atoms with Crippen molar-refractivity contribution in [3.63, 3.8) is 0 Å². The van der Waals surface area contributed by atoms with Gasteiger partial charge >= 0.3 is 0 Å². The zero-order valence-electron chi connectivity index (χ0n) is 19.3. The molecule has 0 radical (unpaired) electrons. The van der Waals surface area contributed by atoms with E-state index in [1.807, 2.05) is 37.5 Å². The number of hydrogen-bond acceptors (Lipinski definition) is 4. The number of carbonyl (C=O) groups is 2. The number of nitrogens with zero attached hydrogens (tertiary/aromatic N) is 2. The maximum atomic E-state index is 13.6. The molecular weight excluding hydrogens is 416 g/mol. The molecule has 33 heavy (non-hydrogen) atoms. The fourth-order valence-corrected chi connectivity index (χ4v) is 4.20. The SMILES string of the molecule is COc1ccc2[nH]cc(/C=C(/NC(=O)c3ccccc3)C(=O)N(C)C3CCN(C)CC3)c2c1.